The molecule has 0 bridgehead atoms. The predicted molar refractivity (Wildman–Crippen MR) is 82.2 cm³/mol. The second-order valence-electron chi connectivity index (χ2n) is 5.62. The van der Waals surface area contributed by atoms with Crippen LogP contribution in [0.4, 0.5) is 11.4 Å². The van der Waals surface area contributed by atoms with E-state index in [9.17, 15) is 4.79 Å². The van der Waals surface area contributed by atoms with Crippen molar-refractivity contribution in [1.29, 1.82) is 0 Å². The molecular formula is C16H22N2O3. The molecule has 3 rings (SSSR count). The van der Waals surface area contributed by atoms with Crippen molar-refractivity contribution < 1.29 is 14.3 Å². The van der Waals surface area contributed by atoms with Gasteiger partial charge in [0.1, 0.15) is 5.75 Å². The van der Waals surface area contributed by atoms with Gasteiger partial charge in [0.25, 0.3) is 0 Å². The predicted octanol–water partition coefficient (Wildman–Crippen LogP) is 2.05. The Balaban J connectivity index is 1.87. The number of rotatable bonds is 4. The van der Waals surface area contributed by atoms with Gasteiger partial charge >= 0.3 is 5.97 Å². The Morgan fingerprint density at radius 3 is 2.95 bits per heavy atom. The lowest BCUT2D eigenvalue weighted by Gasteiger charge is -2.41. The number of hydrogen-bond donors (Lipinski definition) is 0. The minimum atomic E-state index is -0.154. The quantitative estimate of drug-likeness (QED) is 0.794. The van der Waals surface area contributed by atoms with Crippen molar-refractivity contribution in [3.8, 4) is 5.75 Å². The maximum Gasteiger partial charge on any atom is 0.307 e. The highest BCUT2D eigenvalue weighted by Crippen LogP contribution is 2.41. The molecule has 1 fully saturated rings. The minimum absolute atomic E-state index is 0.154. The molecule has 0 spiro atoms. The number of ether oxygens (including phenoxy) is 2. The topological polar surface area (TPSA) is 42.0 Å². The zero-order valence-electron chi connectivity index (χ0n) is 12.7. The summed E-state index contributed by atoms with van der Waals surface area (Å²) < 4.78 is 10.1. The van der Waals surface area contributed by atoms with Crippen LogP contribution in [0.3, 0.4) is 0 Å². The first-order valence-electron chi connectivity index (χ1n) is 7.49. The van der Waals surface area contributed by atoms with E-state index in [1.54, 1.807) is 7.11 Å². The zero-order valence-corrected chi connectivity index (χ0v) is 12.7. The monoisotopic (exact) mass is 290 g/mol. The average Bonchev–Trinajstić information content (AvgIpc) is 3.00. The number of nitrogens with zero attached hydrogens (tertiary/aromatic N) is 2. The van der Waals surface area contributed by atoms with Gasteiger partial charge in [-0.25, -0.2) is 0 Å². The van der Waals surface area contributed by atoms with Crippen LogP contribution in [0, 0.1) is 0 Å². The highest BCUT2D eigenvalue weighted by Gasteiger charge is 2.34. The summed E-state index contributed by atoms with van der Waals surface area (Å²) in [6.45, 7) is 2.79. The lowest BCUT2D eigenvalue weighted by molar-refractivity contribution is -0.140. The van der Waals surface area contributed by atoms with Crippen LogP contribution in [0.2, 0.25) is 0 Å². The maximum absolute atomic E-state index is 11.4. The first-order valence-corrected chi connectivity index (χ1v) is 7.49. The third-order valence-corrected chi connectivity index (χ3v) is 4.45. The fourth-order valence-corrected chi connectivity index (χ4v) is 3.36. The van der Waals surface area contributed by atoms with Crippen LogP contribution in [0.15, 0.2) is 18.2 Å². The highest BCUT2D eigenvalue weighted by molar-refractivity contribution is 5.77. The molecule has 21 heavy (non-hydrogen) atoms. The molecule has 2 aliphatic rings. The molecule has 0 aliphatic carbocycles. The van der Waals surface area contributed by atoms with E-state index < -0.39 is 0 Å². The summed E-state index contributed by atoms with van der Waals surface area (Å²) >= 11 is 0. The number of esters is 1. The van der Waals surface area contributed by atoms with Gasteiger partial charge in [-0.3, -0.25) is 4.79 Å². The fourth-order valence-electron chi connectivity index (χ4n) is 3.36. The third-order valence-electron chi connectivity index (χ3n) is 4.45. The van der Waals surface area contributed by atoms with E-state index in [-0.39, 0.29) is 5.97 Å². The smallest absolute Gasteiger partial charge is 0.307 e. The first kappa shape index (κ1) is 14.0. The van der Waals surface area contributed by atoms with E-state index in [1.807, 2.05) is 6.07 Å². The van der Waals surface area contributed by atoms with Crippen LogP contribution in [0.5, 0.6) is 5.75 Å². The van der Waals surface area contributed by atoms with Gasteiger partial charge in [-0.1, -0.05) is 0 Å². The number of fused-ring (bicyclic) bond motifs is 3. The van der Waals surface area contributed by atoms with Crippen molar-refractivity contribution in [1.82, 2.24) is 0 Å². The average molecular weight is 290 g/mol. The fraction of sp³-hybridized carbons (Fsp3) is 0.562. The second kappa shape index (κ2) is 5.84. The van der Waals surface area contributed by atoms with E-state index in [0.29, 0.717) is 19.0 Å². The van der Waals surface area contributed by atoms with Gasteiger partial charge in [0, 0.05) is 31.7 Å². The summed E-state index contributed by atoms with van der Waals surface area (Å²) in [5, 5.41) is 0. The van der Waals surface area contributed by atoms with Gasteiger partial charge < -0.3 is 19.3 Å². The van der Waals surface area contributed by atoms with E-state index in [2.05, 4.69) is 21.9 Å². The highest BCUT2D eigenvalue weighted by atomic mass is 16.5. The molecule has 1 saturated heterocycles. The van der Waals surface area contributed by atoms with Gasteiger partial charge in [-0.2, -0.15) is 0 Å². The number of carbonyl (C=O) groups excluding carboxylic acids is 1. The lowest BCUT2D eigenvalue weighted by Crippen LogP contribution is -2.46. The number of carbonyl (C=O) groups is 1. The molecule has 2 aliphatic heterocycles. The summed E-state index contributed by atoms with van der Waals surface area (Å²) in [6, 6.07) is 6.74. The minimum Gasteiger partial charge on any atom is -0.497 e. The summed E-state index contributed by atoms with van der Waals surface area (Å²) in [6.07, 6.45) is 2.87. The van der Waals surface area contributed by atoms with E-state index >= 15 is 0 Å². The Morgan fingerprint density at radius 1 is 1.33 bits per heavy atom. The summed E-state index contributed by atoms with van der Waals surface area (Å²) in [5.41, 5.74) is 2.42. The number of anilines is 2. The Hall–Kier alpha value is -1.91. The molecule has 1 aromatic rings. The number of benzene rings is 1. The third kappa shape index (κ3) is 2.64. The van der Waals surface area contributed by atoms with Crippen LogP contribution in [0.1, 0.15) is 19.3 Å². The lowest BCUT2D eigenvalue weighted by atomic mass is 10.1. The van der Waals surface area contributed by atoms with Gasteiger partial charge in [0.15, 0.2) is 0 Å². The molecule has 0 aromatic heterocycles. The van der Waals surface area contributed by atoms with Crippen molar-refractivity contribution in [2.24, 2.45) is 0 Å². The SMILES string of the molecule is COC(=O)CCN1CC2CCCN2c2cc(OC)ccc21. The maximum atomic E-state index is 11.4. The van der Waals surface area contributed by atoms with Crippen molar-refractivity contribution in [3.05, 3.63) is 18.2 Å². The molecule has 1 unspecified atom stereocenters. The Labute approximate surface area is 125 Å². The van der Waals surface area contributed by atoms with Crippen LogP contribution in [-0.4, -0.2) is 45.9 Å². The Bertz CT molecular complexity index is 532. The number of methoxy groups -OCH3 is 2. The summed E-state index contributed by atoms with van der Waals surface area (Å²) in [4.78, 5) is 16.2. The molecule has 1 aromatic carbocycles. The molecule has 0 N–H and O–H groups in total. The molecule has 1 atom stereocenters. The zero-order chi connectivity index (χ0) is 14.8. The van der Waals surface area contributed by atoms with E-state index in [1.165, 1.54) is 31.3 Å². The molecule has 0 radical (unpaired) electrons. The molecule has 114 valence electrons. The normalized spacial score (nSPS) is 20.0. The molecular weight excluding hydrogens is 268 g/mol. The second-order valence-corrected chi connectivity index (χ2v) is 5.62. The van der Waals surface area contributed by atoms with Gasteiger partial charge in [0.2, 0.25) is 0 Å². The Kier molecular flexibility index (Phi) is 3.90. The molecule has 2 heterocycles. The molecule has 0 amide bonds. The summed E-state index contributed by atoms with van der Waals surface area (Å²) in [5.74, 6) is 0.730. The van der Waals surface area contributed by atoms with Crippen LogP contribution in [0.25, 0.3) is 0 Å². The summed E-state index contributed by atoms with van der Waals surface area (Å²) in [7, 11) is 3.14. The van der Waals surface area contributed by atoms with Gasteiger partial charge in [0.05, 0.1) is 32.0 Å². The van der Waals surface area contributed by atoms with Crippen molar-refractivity contribution in [2.45, 2.75) is 25.3 Å². The Morgan fingerprint density at radius 2 is 2.19 bits per heavy atom. The van der Waals surface area contributed by atoms with Gasteiger partial charge in [-0.05, 0) is 25.0 Å². The largest absolute Gasteiger partial charge is 0.497 e. The molecule has 5 nitrogen and oxygen atoms in total. The van der Waals surface area contributed by atoms with Gasteiger partial charge in [-0.15, -0.1) is 0 Å². The van der Waals surface area contributed by atoms with Crippen LogP contribution >= 0.6 is 0 Å². The van der Waals surface area contributed by atoms with Crippen LogP contribution in [-0.2, 0) is 9.53 Å². The van der Waals surface area contributed by atoms with Crippen molar-refractivity contribution >= 4 is 17.3 Å². The van der Waals surface area contributed by atoms with Crippen molar-refractivity contribution in [2.75, 3.05) is 43.7 Å². The number of hydrogen-bond acceptors (Lipinski definition) is 5. The first-order chi connectivity index (χ1) is 10.2. The molecule has 5 heteroatoms. The van der Waals surface area contributed by atoms with E-state index in [4.69, 9.17) is 9.47 Å². The van der Waals surface area contributed by atoms with Crippen molar-refractivity contribution in [3.63, 3.8) is 0 Å². The standard InChI is InChI=1S/C16H22N2O3/c1-20-13-5-6-14-15(10-13)18-8-3-4-12(18)11-17(14)9-7-16(19)21-2/h5-6,10,12H,3-4,7-9,11H2,1-2H3. The van der Waals surface area contributed by atoms with Crippen LogP contribution < -0.4 is 14.5 Å². The molecule has 0 saturated carbocycles. The van der Waals surface area contributed by atoms with E-state index in [0.717, 1.165) is 18.8 Å².